The molecule has 7 nitrogen and oxygen atoms in total. The Morgan fingerprint density at radius 2 is 1.77 bits per heavy atom. The van der Waals surface area contributed by atoms with E-state index in [4.69, 9.17) is 14.5 Å². The fourth-order valence-corrected chi connectivity index (χ4v) is 3.33. The zero-order chi connectivity index (χ0) is 17.3. The van der Waals surface area contributed by atoms with Gasteiger partial charge in [0.25, 0.3) is 0 Å². The summed E-state index contributed by atoms with van der Waals surface area (Å²) in [6.07, 6.45) is 3.66. The molecule has 0 bridgehead atoms. The highest BCUT2D eigenvalue weighted by Gasteiger charge is 2.16. The lowest BCUT2D eigenvalue weighted by atomic mass is 10.1. The van der Waals surface area contributed by atoms with Crippen molar-refractivity contribution in [2.75, 3.05) is 44.3 Å². The monoisotopic (exact) mass is 349 g/mol. The summed E-state index contributed by atoms with van der Waals surface area (Å²) in [6, 6.07) is 7.93. The molecular weight excluding hydrogens is 330 g/mol. The first-order valence-electron chi connectivity index (χ1n) is 8.85. The van der Waals surface area contributed by atoms with E-state index in [-0.39, 0.29) is 0 Å². The lowest BCUT2D eigenvalue weighted by Gasteiger charge is -2.27. The average Bonchev–Trinajstić information content (AvgIpc) is 2.72. The van der Waals surface area contributed by atoms with Gasteiger partial charge in [-0.15, -0.1) is 0 Å². The molecule has 3 aromatic rings. The average molecular weight is 349 g/mol. The third kappa shape index (κ3) is 2.80. The van der Waals surface area contributed by atoms with Crippen LogP contribution in [-0.2, 0) is 0 Å². The summed E-state index contributed by atoms with van der Waals surface area (Å²) in [5.41, 5.74) is 2.72. The number of benzene rings is 1. The SMILES string of the molecule is c1cc(-c2cnc3cc4c(cc3c2)OCCO4)nc(N2CCNCC2)n1. The molecule has 1 N–H and O–H groups in total. The van der Waals surface area contributed by atoms with E-state index in [0.717, 1.165) is 65.8 Å². The van der Waals surface area contributed by atoms with E-state index < -0.39 is 0 Å². The molecule has 4 heterocycles. The topological polar surface area (TPSA) is 72.4 Å². The van der Waals surface area contributed by atoms with E-state index in [0.29, 0.717) is 13.2 Å². The Morgan fingerprint density at radius 1 is 0.962 bits per heavy atom. The minimum Gasteiger partial charge on any atom is -0.486 e. The zero-order valence-electron chi connectivity index (χ0n) is 14.3. The first-order valence-corrected chi connectivity index (χ1v) is 8.85. The molecular formula is C19H19N5O2. The Bertz CT molecular complexity index is 956. The van der Waals surface area contributed by atoms with Crippen LogP contribution in [0, 0.1) is 0 Å². The van der Waals surface area contributed by atoms with Crippen LogP contribution in [0.1, 0.15) is 0 Å². The molecule has 0 saturated carbocycles. The summed E-state index contributed by atoms with van der Waals surface area (Å²) in [7, 11) is 0. The molecule has 132 valence electrons. The number of hydrogen-bond donors (Lipinski definition) is 1. The van der Waals surface area contributed by atoms with E-state index in [1.165, 1.54) is 0 Å². The van der Waals surface area contributed by atoms with E-state index in [2.05, 4.69) is 26.3 Å². The van der Waals surface area contributed by atoms with Crippen LogP contribution in [0.5, 0.6) is 11.5 Å². The van der Waals surface area contributed by atoms with Crippen LogP contribution < -0.4 is 19.7 Å². The lowest BCUT2D eigenvalue weighted by Crippen LogP contribution is -2.44. The van der Waals surface area contributed by atoms with Gasteiger partial charge >= 0.3 is 0 Å². The van der Waals surface area contributed by atoms with Gasteiger partial charge in [0.15, 0.2) is 11.5 Å². The number of pyridine rings is 1. The molecule has 1 saturated heterocycles. The number of piperazine rings is 1. The summed E-state index contributed by atoms with van der Waals surface area (Å²) in [5.74, 6) is 2.30. The highest BCUT2D eigenvalue weighted by Crippen LogP contribution is 2.35. The van der Waals surface area contributed by atoms with Crippen LogP contribution in [0.15, 0.2) is 36.7 Å². The highest BCUT2D eigenvalue weighted by atomic mass is 16.6. The number of anilines is 1. The van der Waals surface area contributed by atoms with Crippen molar-refractivity contribution in [3.8, 4) is 22.8 Å². The molecule has 2 aromatic heterocycles. The van der Waals surface area contributed by atoms with Gasteiger partial charge in [-0.25, -0.2) is 9.97 Å². The molecule has 1 fully saturated rings. The van der Waals surface area contributed by atoms with Crippen molar-refractivity contribution < 1.29 is 9.47 Å². The van der Waals surface area contributed by atoms with Gasteiger partial charge in [-0.3, -0.25) is 4.98 Å². The second kappa shape index (κ2) is 6.42. The Hall–Kier alpha value is -2.93. The lowest BCUT2D eigenvalue weighted by molar-refractivity contribution is 0.172. The molecule has 0 unspecified atom stereocenters. The van der Waals surface area contributed by atoms with Crippen LogP contribution in [0.3, 0.4) is 0 Å². The van der Waals surface area contributed by atoms with Crippen molar-refractivity contribution in [2.24, 2.45) is 0 Å². The van der Waals surface area contributed by atoms with Gasteiger partial charge in [-0.1, -0.05) is 0 Å². The van der Waals surface area contributed by atoms with Crippen LogP contribution in [0.4, 0.5) is 5.95 Å². The van der Waals surface area contributed by atoms with Crippen molar-refractivity contribution in [2.45, 2.75) is 0 Å². The first kappa shape index (κ1) is 15.3. The van der Waals surface area contributed by atoms with E-state index in [1.807, 2.05) is 30.6 Å². The van der Waals surface area contributed by atoms with Crippen LogP contribution in [0.25, 0.3) is 22.2 Å². The maximum Gasteiger partial charge on any atom is 0.225 e. The second-order valence-corrected chi connectivity index (χ2v) is 6.39. The maximum absolute atomic E-state index is 5.68. The smallest absolute Gasteiger partial charge is 0.225 e. The summed E-state index contributed by atoms with van der Waals surface area (Å²) >= 11 is 0. The van der Waals surface area contributed by atoms with Crippen molar-refractivity contribution in [3.05, 3.63) is 36.7 Å². The predicted molar refractivity (Wildman–Crippen MR) is 98.8 cm³/mol. The fourth-order valence-electron chi connectivity index (χ4n) is 3.33. The predicted octanol–water partition coefficient (Wildman–Crippen LogP) is 1.87. The third-order valence-electron chi connectivity index (χ3n) is 4.68. The van der Waals surface area contributed by atoms with Crippen molar-refractivity contribution in [1.82, 2.24) is 20.3 Å². The normalized spacial score (nSPS) is 16.7. The van der Waals surface area contributed by atoms with Gasteiger partial charge in [-0.05, 0) is 18.2 Å². The fraction of sp³-hybridized carbons (Fsp3) is 0.316. The standard InChI is InChI=1S/C19H19N5O2/c1-2-21-19(24-5-3-20-4-6-24)23-15(1)14-9-13-10-17-18(26-8-7-25-17)11-16(13)22-12-14/h1-2,9-12,20H,3-8H2. The van der Waals surface area contributed by atoms with Crippen LogP contribution in [-0.4, -0.2) is 54.3 Å². The van der Waals surface area contributed by atoms with E-state index >= 15 is 0 Å². The van der Waals surface area contributed by atoms with Gasteiger partial charge in [0, 0.05) is 55.6 Å². The minimum absolute atomic E-state index is 0.575. The largest absolute Gasteiger partial charge is 0.486 e. The Kier molecular flexibility index (Phi) is 3.79. The molecule has 0 aliphatic carbocycles. The molecule has 2 aliphatic rings. The summed E-state index contributed by atoms with van der Waals surface area (Å²) < 4.78 is 11.3. The molecule has 7 heteroatoms. The Balaban J connectivity index is 1.52. The van der Waals surface area contributed by atoms with Crippen molar-refractivity contribution >= 4 is 16.9 Å². The number of ether oxygens (including phenoxy) is 2. The van der Waals surface area contributed by atoms with E-state index in [1.54, 1.807) is 0 Å². The summed E-state index contributed by atoms with van der Waals surface area (Å²) in [6.45, 7) is 4.90. The second-order valence-electron chi connectivity index (χ2n) is 6.39. The van der Waals surface area contributed by atoms with E-state index in [9.17, 15) is 0 Å². The molecule has 0 spiro atoms. The molecule has 0 radical (unpaired) electrons. The zero-order valence-corrected chi connectivity index (χ0v) is 14.3. The molecule has 2 aliphatic heterocycles. The highest BCUT2D eigenvalue weighted by molar-refractivity contribution is 5.86. The molecule has 26 heavy (non-hydrogen) atoms. The van der Waals surface area contributed by atoms with Gasteiger partial charge in [0.2, 0.25) is 5.95 Å². The number of rotatable bonds is 2. The third-order valence-corrected chi connectivity index (χ3v) is 4.68. The summed E-state index contributed by atoms with van der Waals surface area (Å²) in [5, 5.41) is 4.35. The number of nitrogens with zero attached hydrogens (tertiary/aromatic N) is 4. The Labute approximate surface area is 151 Å². The first-order chi connectivity index (χ1) is 12.9. The van der Waals surface area contributed by atoms with Gasteiger partial charge in [0.05, 0.1) is 11.2 Å². The Morgan fingerprint density at radius 3 is 2.62 bits per heavy atom. The van der Waals surface area contributed by atoms with Gasteiger partial charge in [0.1, 0.15) is 13.2 Å². The number of hydrogen-bond acceptors (Lipinski definition) is 7. The molecule has 1 aromatic carbocycles. The maximum atomic E-state index is 5.68. The quantitative estimate of drug-likeness (QED) is 0.757. The molecule has 0 atom stereocenters. The summed E-state index contributed by atoms with van der Waals surface area (Å²) in [4.78, 5) is 16.0. The minimum atomic E-state index is 0.575. The van der Waals surface area contributed by atoms with Crippen molar-refractivity contribution in [1.29, 1.82) is 0 Å². The van der Waals surface area contributed by atoms with Gasteiger partial charge in [-0.2, -0.15) is 0 Å². The number of fused-ring (bicyclic) bond motifs is 2. The van der Waals surface area contributed by atoms with Crippen LogP contribution >= 0.6 is 0 Å². The van der Waals surface area contributed by atoms with Crippen molar-refractivity contribution in [3.63, 3.8) is 0 Å². The molecule has 0 amide bonds. The van der Waals surface area contributed by atoms with Gasteiger partial charge < -0.3 is 19.7 Å². The molecule has 5 rings (SSSR count). The number of aromatic nitrogens is 3. The number of nitrogens with one attached hydrogen (secondary N) is 1. The van der Waals surface area contributed by atoms with Crippen LogP contribution in [0.2, 0.25) is 0 Å².